The second-order valence-corrected chi connectivity index (χ2v) is 4.98. The molecule has 1 aromatic rings. The van der Waals surface area contributed by atoms with Crippen LogP contribution < -0.4 is 14.8 Å². The molecular formula is C14H20ClNO2. The largest absolute Gasteiger partial charge is 0.454 e. The predicted molar refractivity (Wildman–Crippen MR) is 74.8 cm³/mol. The number of hydrogen-bond acceptors (Lipinski definition) is 3. The zero-order valence-electron chi connectivity index (χ0n) is 11.0. The molecule has 0 spiro atoms. The third-order valence-corrected chi connectivity index (χ3v) is 3.53. The lowest BCUT2D eigenvalue weighted by Gasteiger charge is -2.19. The van der Waals surface area contributed by atoms with Gasteiger partial charge in [-0.3, -0.25) is 0 Å². The maximum atomic E-state index is 6.24. The highest BCUT2D eigenvalue weighted by atomic mass is 35.5. The Bertz CT molecular complexity index is 409. The summed E-state index contributed by atoms with van der Waals surface area (Å²) in [6, 6.07) is 4.21. The fourth-order valence-electron chi connectivity index (χ4n) is 2.08. The average Bonchev–Trinajstić information content (AvgIpc) is 2.81. The Balaban J connectivity index is 2.08. The number of ether oxygens (including phenoxy) is 2. The summed E-state index contributed by atoms with van der Waals surface area (Å²) in [4.78, 5) is 0. The Labute approximate surface area is 113 Å². The molecule has 1 aromatic carbocycles. The van der Waals surface area contributed by atoms with Crippen LogP contribution >= 0.6 is 11.6 Å². The number of benzene rings is 1. The van der Waals surface area contributed by atoms with E-state index in [1.807, 2.05) is 12.1 Å². The molecule has 1 aliphatic rings. The minimum atomic E-state index is 0.280. The molecule has 2 rings (SSSR count). The van der Waals surface area contributed by atoms with E-state index in [4.69, 9.17) is 21.1 Å². The third kappa shape index (κ3) is 3.02. The van der Waals surface area contributed by atoms with Crippen LogP contribution in [0.4, 0.5) is 5.69 Å². The lowest BCUT2D eigenvalue weighted by atomic mass is 10.1. The quantitative estimate of drug-likeness (QED) is 0.828. The highest BCUT2D eigenvalue weighted by Gasteiger charge is 2.17. The van der Waals surface area contributed by atoms with Crippen molar-refractivity contribution in [2.45, 2.75) is 45.6 Å². The Hall–Kier alpha value is -1.09. The molecular weight excluding hydrogens is 250 g/mol. The summed E-state index contributed by atoms with van der Waals surface area (Å²) in [6.45, 7) is 4.68. The van der Waals surface area contributed by atoms with E-state index in [2.05, 4.69) is 19.2 Å². The second-order valence-electron chi connectivity index (χ2n) is 4.58. The first kappa shape index (κ1) is 13.3. The highest BCUT2D eigenvalue weighted by Crippen LogP contribution is 2.39. The summed E-state index contributed by atoms with van der Waals surface area (Å²) in [5, 5.41) is 4.18. The predicted octanol–water partition coefficient (Wildman–Crippen LogP) is 4.45. The van der Waals surface area contributed by atoms with E-state index in [1.165, 1.54) is 12.8 Å². The minimum absolute atomic E-state index is 0.280. The van der Waals surface area contributed by atoms with Gasteiger partial charge in [0.15, 0.2) is 11.5 Å². The number of fused-ring (bicyclic) bond motifs is 1. The molecule has 1 aliphatic heterocycles. The van der Waals surface area contributed by atoms with Crippen molar-refractivity contribution in [1.29, 1.82) is 0 Å². The van der Waals surface area contributed by atoms with Gasteiger partial charge in [-0.25, -0.2) is 0 Å². The molecule has 1 N–H and O–H groups in total. The van der Waals surface area contributed by atoms with Gasteiger partial charge in [0.1, 0.15) is 0 Å². The summed E-state index contributed by atoms with van der Waals surface area (Å²) in [5.74, 6) is 1.50. The summed E-state index contributed by atoms with van der Waals surface area (Å²) in [6.07, 6.45) is 4.70. The van der Waals surface area contributed by atoms with Gasteiger partial charge in [-0.1, -0.05) is 38.3 Å². The first-order chi connectivity index (χ1) is 8.74. The van der Waals surface area contributed by atoms with Crippen molar-refractivity contribution in [2.24, 2.45) is 0 Å². The van der Waals surface area contributed by atoms with Crippen molar-refractivity contribution in [3.8, 4) is 11.5 Å². The first-order valence-corrected chi connectivity index (χ1v) is 6.98. The van der Waals surface area contributed by atoms with E-state index < -0.39 is 0 Å². The molecule has 3 nitrogen and oxygen atoms in total. The first-order valence-electron chi connectivity index (χ1n) is 6.60. The third-order valence-electron chi connectivity index (χ3n) is 3.22. The molecule has 0 aliphatic carbocycles. The zero-order valence-corrected chi connectivity index (χ0v) is 11.7. The Kier molecular flexibility index (Phi) is 4.59. The molecule has 4 heteroatoms. The molecule has 0 amide bonds. The monoisotopic (exact) mass is 269 g/mol. The molecule has 0 radical (unpaired) electrons. The van der Waals surface area contributed by atoms with Gasteiger partial charge < -0.3 is 14.8 Å². The Morgan fingerprint density at radius 2 is 2.00 bits per heavy atom. The van der Waals surface area contributed by atoms with Gasteiger partial charge in [-0.2, -0.15) is 0 Å². The van der Waals surface area contributed by atoms with Crippen LogP contribution in [-0.2, 0) is 0 Å². The molecule has 0 saturated heterocycles. The highest BCUT2D eigenvalue weighted by molar-refractivity contribution is 6.33. The van der Waals surface area contributed by atoms with Crippen LogP contribution in [0.1, 0.15) is 39.5 Å². The van der Waals surface area contributed by atoms with Crippen molar-refractivity contribution < 1.29 is 9.47 Å². The fourth-order valence-corrected chi connectivity index (χ4v) is 2.28. The summed E-state index contributed by atoms with van der Waals surface area (Å²) in [5.41, 5.74) is 0.934. The summed E-state index contributed by atoms with van der Waals surface area (Å²) in [7, 11) is 0. The van der Waals surface area contributed by atoms with Crippen LogP contribution in [0.2, 0.25) is 5.02 Å². The molecule has 0 saturated carbocycles. The molecule has 0 bridgehead atoms. The summed E-state index contributed by atoms with van der Waals surface area (Å²) < 4.78 is 10.7. The van der Waals surface area contributed by atoms with Crippen molar-refractivity contribution >= 4 is 17.3 Å². The molecule has 0 aromatic heterocycles. The van der Waals surface area contributed by atoms with Crippen molar-refractivity contribution in [1.82, 2.24) is 0 Å². The molecule has 1 unspecified atom stereocenters. The number of halogens is 1. The maximum Gasteiger partial charge on any atom is 0.231 e. The van der Waals surface area contributed by atoms with Gasteiger partial charge in [0, 0.05) is 18.2 Å². The molecule has 100 valence electrons. The van der Waals surface area contributed by atoms with Crippen LogP contribution in [-0.4, -0.2) is 12.8 Å². The van der Waals surface area contributed by atoms with Crippen molar-refractivity contribution in [3.63, 3.8) is 0 Å². The van der Waals surface area contributed by atoms with E-state index in [9.17, 15) is 0 Å². The topological polar surface area (TPSA) is 30.5 Å². The van der Waals surface area contributed by atoms with Gasteiger partial charge in [-0.15, -0.1) is 0 Å². The van der Waals surface area contributed by atoms with Crippen molar-refractivity contribution in [2.75, 3.05) is 12.1 Å². The fraction of sp³-hybridized carbons (Fsp3) is 0.571. The number of unbranched alkanes of at least 4 members (excludes halogenated alkanes) is 1. The van der Waals surface area contributed by atoms with Crippen molar-refractivity contribution in [3.05, 3.63) is 17.2 Å². The summed E-state index contributed by atoms with van der Waals surface area (Å²) >= 11 is 6.24. The number of anilines is 1. The smallest absolute Gasteiger partial charge is 0.231 e. The van der Waals surface area contributed by atoms with Crippen LogP contribution in [0, 0.1) is 0 Å². The van der Waals surface area contributed by atoms with Crippen LogP contribution in [0.25, 0.3) is 0 Å². The van der Waals surface area contributed by atoms with E-state index in [-0.39, 0.29) is 6.79 Å². The zero-order chi connectivity index (χ0) is 13.0. The van der Waals surface area contributed by atoms with Crippen LogP contribution in [0.15, 0.2) is 12.1 Å². The van der Waals surface area contributed by atoms with Gasteiger partial charge >= 0.3 is 0 Å². The van der Waals surface area contributed by atoms with Gasteiger partial charge in [-0.05, 0) is 12.8 Å². The number of nitrogens with one attached hydrogen (secondary N) is 1. The van der Waals surface area contributed by atoms with E-state index >= 15 is 0 Å². The molecule has 1 atom stereocenters. The number of hydrogen-bond donors (Lipinski definition) is 1. The Morgan fingerprint density at radius 3 is 2.67 bits per heavy atom. The SMILES string of the molecule is CCCCC(CC)Nc1cc2c(cc1Cl)OCO2. The van der Waals surface area contributed by atoms with Gasteiger partial charge in [0.2, 0.25) is 6.79 Å². The average molecular weight is 270 g/mol. The lowest BCUT2D eigenvalue weighted by Crippen LogP contribution is -2.18. The maximum absolute atomic E-state index is 6.24. The normalized spacial score (nSPS) is 14.6. The van der Waals surface area contributed by atoms with Crippen LogP contribution in [0.5, 0.6) is 11.5 Å². The lowest BCUT2D eigenvalue weighted by molar-refractivity contribution is 0.174. The minimum Gasteiger partial charge on any atom is -0.454 e. The van der Waals surface area contributed by atoms with E-state index in [0.29, 0.717) is 11.1 Å². The van der Waals surface area contributed by atoms with Gasteiger partial charge in [0.05, 0.1) is 10.7 Å². The van der Waals surface area contributed by atoms with E-state index in [1.54, 1.807) is 0 Å². The second kappa shape index (κ2) is 6.19. The molecule has 1 heterocycles. The van der Waals surface area contributed by atoms with Gasteiger partial charge in [0.25, 0.3) is 0 Å². The van der Waals surface area contributed by atoms with Crippen LogP contribution in [0.3, 0.4) is 0 Å². The number of rotatable bonds is 6. The Morgan fingerprint density at radius 1 is 1.28 bits per heavy atom. The van der Waals surface area contributed by atoms with E-state index in [0.717, 1.165) is 30.0 Å². The standard InChI is InChI=1S/C14H20ClNO2/c1-3-5-6-10(4-2)16-12-8-14-13(7-11(12)15)17-9-18-14/h7-8,10,16H,3-6,9H2,1-2H3. The molecule has 0 fully saturated rings. The molecule has 18 heavy (non-hydrogen) atoms.